The molecule has 4 rings (SSSR count). The molecule has 0 amide bonds. The van der Waals surface area contributed by atoms with Gasteiger partial charge in [0.2, 0.25) is 0 Å². The van der Waals surface area contributed by atoms with Gasteiger partial charge in [0, 0.05) is 31.6 Å². The molecule has 2 aromatic carbocycles. The molecule has 0 radical (unpaired) electrons. The Labute approximate surface area is 151 Å². The molecule has 0 unspecified atom stereocenters. The summed E-state index contributed by atoms with van der Waals surface area (Å²) in [5, 5.41) is 3.26. The quantitative estimate of drug-likeness (QED) is 0.885. The minimum absolute atomic E-state index is 0.0456. The van der Waals surface area contributed by atoms with Crippen LogP contribution in [0.3, 0.4) is 0 Å². The molecule has 0 aromatic heterocycles. The van der Waals surface area contributed by atoms with Crippen LogP contribution in [0.1, 0.15) is 23.6 Å². The molecule has 1 N–H and O–H groups in total. The highest BCUT2D eigenvalue weighted by Crippen LogP contribution is 2.43. The fourth-order valence-corrected chi connectivity index (χ4v) is 4.14. The van der Waals surface area contributed by atoms with Gasteiger partial charge < -0.3 is 5.32 Å². The number of nitrogens with zero attached hydrogens (tertiary/aromatic N) is 1. The molecule has 5 heteroatoms. The molecule has 0 aliphatic carbocycles. The van der Waals surface area contributed by atoms with Crippen molar-refractivity contribution in [3.05, 3.63) is 83.2 Å². The van der Waals surface area contributed by atoms with Crippen LogP contribution in [-0.2, 0) is 0 Å². The molecule has 1 atom stereocenters. The summed E-state index contributed by atoms with van der Waals surface area (Å²) >= 11 is 0. The fraction of sp³-hybridized carbons (Fsp3) is 0.333. The van der Waals surface area contributed by atoms with Crippen molar-refractivity contribution in [1.29, 1.82) is 0 Å². The van der Waals surface area contributed by atoms with Crippen molar-refractivity contribution in [2.24, 2.45) is 5.41 Å². The number of halogens is 3. The largest absolute Gasteiger partial charge is 0.312 e. The van der Waals surface area contributed by atoms with Gasteiger partial charge in [0.05, 0.1) is 6.04 Å². The molecule has 1 spiro atoms. The second-order valence-corrected chi connectivity index (χ2v) is 7.19. The van der Waals surface area contributed by atoms with Crippen LogP contribution >= 0.6 is 0 Å². The summed E-state index contributed by atoms with van der Waals surface area (Å²) in [6.07, 6.45) is 2.35. The van der Waals surface area contributed by atoms with Crippen LogP contribution in [0.2, 0.25) is 0 Å². The monoisotopic (exact) mass is 358 g/mol. The Morgan fingerprint density at radius 2 is 1.46 bits per heavy atom. The van der Waals surface area contributed by atoms with Crippen molar-refractivity contribution in [2.75, 3.05) is 26.2 Å². The van der Waals surface area contributed by atoms with Gasteiger partial charge in [-0.15, -0.1) is 0 Å². The summed E-state index contributed by atoms with van der Waals surface area (Å²) in [5.41, 5.74) is 1.34. The number of hydrogen-bond donors (Lipinski definition) is 1. The standard InChI is InChI=1S/C21H21F3N2/c22-17-5-1-15(2-6-17)20(16-3-7-18(23)8-4-16)26-12-10-21(14-26)13-25-11-9-19(21)24/h1-9,20,25H,10-14H2/t21-/m1/s1. The lowest BCUT2D eigenvalue weighted by atomic mass is 9.83. The highest BCUT2D eigenvalue weighted by atomic mass is 19.1. The van der Waals surface area contributed by atoms with Gasteiger partial charge in [0.15, 0.2) is 0 Å². The van der Waals surface area contributed by atoms with E-state index in [0.717, 1.165) is 24.1 Å². The Kier molecular flexibility index (Phi) is 4.59. The Hall–Kier alpha value is -2.11. The summed E-state index contributed by atoms with van der Waals surface area (Å²) in [4.78, 5) is 2.21. The maximum atomic E-state index is 14.6. The topological polar surface area (TPSA) is 15.3 Å². The maximum absolute atomic E-state index is 14.6. The second-order valence-electron chi connectivity index (χ2n) is 7.19. The molecule has 26 heavy (non-hydrogen) atoms. The third-order valence-electron chi connectivity index (χ3n) is 5.52. The van der Waals surface area contributed by atoms with E-state index in [-0.39, 0.29) is 23.5 Å². The summed E-state index contributed by atoms with van der Waals surface area (Å²) in [6, 6.07) is 12.6. The van der Waals surface area contributed by atoms with Gasteiger partial charge in [-0.05, 0) is 47.9 Å². The maximum Gasteiger partial charge on any atom is 0.123 e. The number of likely N-dealkylation sites (tertiary alicyclic amines) is 1. The number of rotatable bonds is 3. The zero-order chi connectivity index (χ0) is 18.1. The van der Waals surface area contributed by atoms with Crippen LogP contribution in [-0.4, -0.2) is 31.1 Å². The molecule has 2 aliphatic heterocycles. The summed E-state index contributed by atoms with van der Waals surface area (Å²) < 4.78 is 41.4. The van der Waals surface area contributed by atoms with E-state index in [0.29, 0.717) is 19.6 Å². The molecule has 1 saturated heterocycles. The van der Waals surface area contributed by atoms with E-state index >= 15 is 0 Å². The molecule has 0 bridgehead atoms. The second kappa shape index (κ2) is 6.89. The van der Waals surface area contributed by atoms with Gasteiger partial charge >= 0.3 is 0 Å². The molecule has 2 aromatic rings. The van der Waals surface area contributed by atoms with Gasteiger partial charge in [0.1, 0.15) is 17.5 Å². The first kappa shape index (κ1) is 17.3. The summed E-state index contributed by atoms with van der Waals surface area (Å²) in [7, 11) is 0. The minimum Gasteiger partial charge on any atom is -0.312 e. The molecular weight excluding hydrogens is 337 g/mol. The lowest BCUT2D eigenvalue weighted by molar-refractivity contribution is 0.216. The number of nitrogens with one attached hydrogen (secondary N) is 1. The SMILES string of the molecule is FC1=CCNC[C@@]12CCN(C(c1ccc(F)cc1)c1ccc(F)cc1)C2. The Balaban J connectivity index is 1.69. The van der Waals surface area contributed by atoms with Gasteiger partial charge in [-0.25, -0.2) is 13.2 Å². The average Bonchev–Trinajstić information content (AvgIpc) is 3.06. The normalized spacial score (nSPS) is 23.6. The minimum atomic E-state index is -0.503. The Morgan fingerprint density at radius 3 is 2.00 bits per heavy atom. The van der Waals surface area contributed by atoms with Crippen molar-refractivity contribution >= 4 is 0 Å². The van der Waals surface area contributed by atoms with Crippen LogP contribution in [0.5, 0.6) is 0 Å². The molecule has 2 heterocycles. The van der Waals surface area contributed by atoms with Crippen molar-refractivity contribution in [3.63, 3.8) is 0 Å². The number of benzene rings is 2. The molecular formula is C21H21F3N2. The third kappa shape index (κ3) is 3.17. The molecule has 136 valence electrons. The summed E-state index contributed by atoms with van der Waals surface area (Å²) in [5.74, 6) is -0.638. The van der Waals surface area contributed by atoms with Crippen LogP contribution in [0.15, 0.2) is 60.4 Å². The predicted molar refractivity (Wildman–Crippen MR) is 95.3 cm³/mol. The van der Waals surface area contributed by atoms with Crippen molar-refractivity contribution in [2.45, 2.75) is 12.5 Å². The zero-order valence-electron chi connectivity index (χ0n) is 14.4. The van der Waals surface area contributed by atoms with Crippen molar-refractivity contribution in [1.82, 2.24) is 10.2 Å². The first-order chi connectivity index (χ1) is 12.6. The molecule has 2 nitrogen and oxygen atoms in total. The van der Waals surface area contributed by atoms with Gasteiger partial charge in [-0.3, -0.25) is 4.90 Å². The third-order valence-corrected chi connectivity index (χ3v) is 5.52. The van der Waals surface area contributed by atoms with Crippen LogP contribution in [0.25, 0.3) is 0 Å². The van der Waals surface area contributed by atoms with E-state index in [1.165, 1.54) is 24.3 Å². The fourth-order valence-electron chi connectivity index (χ4n) is 4.14. The van der Waals surface area contributed by atoms with Crippen molar-refractivity contribution in [3.8, 4) is 0 Å². The van der Waals surface area contributed by atoms with Crippen LogP contribution in [0.4, 0.5) is 13.2 Å². The smallest absolute Gasteiger partial charge is 0.123 e. The van der Waals surface area contributed by atoms with E-state index in [1.807, 2.05) is 0 Å². The predicted octanol–water partition coefficient (Wildman–Crippen LogP) is 4.20. The molecule has 2 aliphatic rings. The van der Waals surface area contributed by atoms with E-state index in [9.17, 15) is 13.2 Å². The van der Waals surface area contributed by atoms with Gasteiger partial charge in [-0.2, -0.15) is 0 Å². The Morgan fingerprint density at radius 1 is 0.885 bits per heavy atom. The van der Waals surface area contributed by atoms with E-state index in [1.54, 1.807) is 30.3 Å². The average molecular weight is 358 g/mol. The van der Waals surface area contributed by atoms with E-state index in [2.05, 4.69) is 10.2 Å². The molecule has 1 fully saturated rings. The summed E-state index contributed by atoms with van der Waals surface area (Å²) in [6.45, 7) is 2.47. The van der Waals surface area contributed by atoms with Gasteiger partial charge in [-0.1, -0.05) is 24.3 Å². The van der Waals surface area contributed by atoms with E-state index in [4.69, 9.17) is 0 Å². The van der Waals surface area contributed by atoms with Gasteiger partial charge in [0.25, 0.3) is 0 Å². The van der Waals surface area contributed by atoms with Crippen molar-refractivity contribution < 1.29 is 13.2 Å². The van der Waals surface area contributed by atoms with Crippen LogP contribution < -0.4 is 5.32 Å². The highest BCUT2D eigenvalue weighted by Gasteiger charge is 2.45. The lowest BCUT2D eigenvalue weighted by Crippen LogP contribution is -2.41. The lowest BCUT2D eigenvalue weighted by Gasteiger charge is -2.34. The van der Waals surface area contributed by atoms with E-state index < -0.39 is 5.41 Å². The molecule has 0 saturated carbocycles. The Bertz CT molecular complexity index is 756. The highest BCUT2D eigenvalue weighted by molar-refractivity contribution is 5.33. The first-order valence-electron chi connectivity index (χ1n) is 8.89. The number of hydrogen-bond acceptors (Lipinski definition) is 2. The first-order valence-corrected chi connectivity index (χ1v) is 8.89. The zero-order valence-corrected chi connectivity index (χ0v) is 14.4. The van der Waals surface area contributed by atoms with Crippen LogP contribution in [0, 0.1) is 17.0 Å².